The predicted octanol–water partition coefficient (Wildman–Crippen LogP) is 2.92. The second-order valence-electron chi connectivity index (χ2n) is 5.29. The van der Waals surface area contributed by atoms with Crippen molar-refractivity contribution in [2.45, 2.75) is 46.2 Å². The molecule has 0 unspecified atom stereocenters. The van der Waals surface area contributed by atoms with Gasteiger partial charge in [-0.1, -0.05) is 0 Å². The van der Waals surface area contributed by atoms with Crippen molar-refractivity contribution in [3.63, 3.8) is 0 Å². The summed E-state index contributed by atoms with van der Waals surface area (Å²) in [6, 6.07) is 0. The Morgan fingerprint density at radius 2 is 1.94 bits per heavy atom. The molecular weight excluding hydrogens is 216 g/mol. The Labute approximate surface area is 103 Å². The summed E-state index contributed by atoms with van der Waals surface area (Å²) in [6.07, 6.45) is 1.18. The van der Waals surface area contributed by atoms with Crippen LogP contribution in [0.3, 0.4) is 0 Å². The van der Waals surface area contributed by atoms with E-state index in [4.69, 9.17) is 0 Å². The highest BCUT2D eigenvalue weighted by molar-refractivity contribution is 7.08. The summed E-state index contributed by atoms with van der Waals surface area (Å²) < 4.78 is 0. The minimum Gasteiger partial charge on any atom is -0.313 e. The quantitative estimate of drug-likeness (QED) is 0.747. The lowest BCUT2D eigenvalue weighted by atomic mass is 10.1. The molecule has 0 fully saturated rings. The van der Waals surface area contributed by atoms with E-state index >= 15 is 0 Å². The van der Waals surface area contributed by atoms with Crippen LogP contribution in [0.15, 0.2) is 10.8 Å². The molecule has 0 spiro atoms. The average Bonchev–Trinajstić information content (AvgIpc) is 2.56. The fourth-order valence-electron chi connectivity index (χ4n) is 1.47. The lowest BCUT2D eigenvalue weighted by Gasteiger charge is -2.20. The van der Waals surface area contributed by atoms with Crippen LogP contribution in [0, 0.1) is 6.92 Å². The van der Waals surface area contributed by atoms with Crippen LogP contribution in [0.1, 0.15) is 38.3 Å². The Bertz CT molecular complexity index is 299. The van der Waals surface area contributed by atoms with Crippen molar-refractivity contribution in [2.75, 3.05) is 13.1 Å². The standard InChI is InChI=1S/C13H24N2S/c1-11-9-16-10-12(11)8-14-6-5-7-15-13(2,3)4/h9-10,14-15H,5-8H2,1-4H3. The summed E-state index contributed by atoms with van der Waals surface area (Å²) in [5.41, 5.74) is 3.09. The molecule has 0 aliphatic carbocycles. The second kappa shape index (κ2) is 6.38. The van der Waals surface area contributed by atoms with E-state index in [-0.39, 0.29) is 5.54 Å². The van der Waals surface area contributed by atoms with Crippen molar-refractivity contribution in [2.24, 2.45) is 0 Å². The van der Waals surface area contributed by atoms with Gasteiger partial charge >= 0.3 is 0 Å². The van der Waals surface area contributed by atoms with E-state index in [1.165, 1.54) is 17.5 Å². The van der Waals surface area contributed by atoms with E-state index < -0.39 is 0 Å². The third-order valence-electron chi connectivity index (χ3n) is 2.46. The van der Waals surface area contributed by atoms with E-state index in [9.17, 15) is 0 Å². The number of thiophene rings is 1. The van der Waals surface area contributed by atoms with Crippen molar-refractivity contribution in [3.05, 3.63) is 21.9 Å². The summed E-state index contributed by atoms with van der Waals surface area (Å²) in [5, 5.41) is 11.4. The third kappa shape index (κ3) is 5.64. The molecule has 92 valence electrons. The molecular formula is C13H24N2S. The lowest BCUT2D eigenvalue weighted by molar-refractivity contribution is 0.418. The monoisotopic (exact) mass is 240 g/mol. The second-order valence-corrected chi connectivity index (χ2v) is 6.03. The first kappa shape index (κ1) is 13.7. The summed E-state index contributed by atoms with van der Waals surface area (Å²) >= 11 is 1.79. The minimum absolute atomic E-state index is 0.240. The van der Waals surface area contributed by atoms with Crippen LogP contribution < -0.4 is 10.6 Å². The molecule has 0 amide bonds. The van der Waals surface area contributed by atoms with Crippen molar-refractivity contribution >= 4 is 11.3 Å². The Hall–Kier alpha value is -0.380. The highest BCUT2D eigenvalue weighted by Crippen LogP contribution is 2.12. The zero-order valence-corrected chi connectivity index (χ0v) is 11.7. The van der Waals surface area contributed by atoms with Crippen molar-refractivity contribution in [1.29, 1.82) is 0 Å². The molecule has 0 aliphatic heterocycles. The SMILES string of the molecule is Cc1cscc1CNCCCNC(C)(C)C. The van der Waals surface area contributed by atoms with E-state index in [0.717, 1.165) is 19.6 Å². The molecule has 0 saturated carbocycles. The Kier molecular flexibility index (Phi) is 5.46. The number of nitrogens with one attached hydrogen (secondary N) is 2. The first-order valence-corrected chi connectivity index (χ1v) is 6.91. The molecule has 2 N–H and O–H groups in total. The van der Waals surface area contributed by atoms with Gasteiger partial charge in [0.15, 0.2) is 0 Å². The van der Waals surface area contributed by atoms with Crippen LogP contribution in [0.5, 0.6) is 0 Å². The molecule has 0 bridgehead atoms. The van der Waals surface area contributed by atoms with Crippen LogP contribution in [-0.4, -0.2) is 18.6 Å². The van der Waals surface area contributed by atoms with Gasteiger partial charge in [0, 0.05) is 12.1 Å². The van der Waals surface area contributed by atoms with Crippen LogP contribution in [0.2, 0.25) is 0 Å². The Balaban J connectivity index is 2.03. The maximum absolute atomic E-state index is 3.49. The minimum atomic E-state index is 0.240. The first-order valence-electron chi connectivity index (χ1n) is 5.96. The van der Waals surface area contributed by atoms with Crippen LogP contribution in [-0.2, 0) is 6.54 Å². The molecule has 1 aromatic rings. The van der Waals surface area contributed by atoms with Crippen LogP contribution in [0.4, 0.5) is 0 Å². The van der Waals surface area contributed by atoms with Gasteiger partial charge in [0.25, 0.3) is 0 Å². The maximum atomic E-state index is 3.49. The van der Waals surface area contributed by atoms with Gasteiger partial charge < -0.3 is 10.6 Å². The summed E-state index contributed by atoms with van der Waals surface area (Å²) in [4.78, 5) is 0. The highest BCUT2D eigenvalue weighted by atomic mass is 32.1. The van der Waals surface area contributed by atoms with Gasteiger partial charge in [-0.2, -0.15) is 11.3 Å². The van der Waals surface area contributed by atoms with E-state index in [1.54, 1.807) is 11.3 Å². The summed E-state index contributed by atoms with van der Waals surface area (Å²) in [7, 11) is 0. The predicted molar refractivity (Wildman–Crippen MR) is 73.1 cm³/mol. The number of aryl methyl sites for hydroxylation is 1. The fraction of sp³-hybridized carbons (Fsp3) is 0.692. The molecule has 0 aromatic carbocycles. The van der Waals surface area contributed by atoms with Gasteiger partial charge in [-0.05, 0) is 69.1 Å². The molecule has 0 radical (unpaired) electrons. The van der Waals surface area contributed by atoms with Gasteiger partial charge in [0.1, 0.15) is 0 Å². The number of hydrogen-bond donors (Lipinski definition) is 2. The lowest BCUT2D eigenvalue weighted by Crippen LogP contribution is -2.37. The molecule has 2 nitrogen and oxygen atoms in total. The zero-order valence-electron chi connectivity index (χ0n) is 10.9. The van der Waals surface area contributed by atoms with Crippen LogP contribution in [0.25, 0.3) is 0 Å². The van der Waals surface area contributed by atoms with Crippen molar-refractivity contribution in [3.8, 4) is 0 Å². The molecule has 3 heteroatoms. The summed E-state index contributed by atoms with van der Waals surface area (Å²) in [5.74, 6) is 0. The van der Waals surface area contributed by atoms with Gasteiger partial charge in [0.05, 0.1) is 0 Å². The van der Waals surface area contributed by atoms with E-state index in [1.807, 2.05) is 0 Å². The Morgan fingerprint density at radius 1 is 1.19 bits per heavy atom. The van der Waals surface area contributed by atoms with Crippen LogP contribution >= 0.6 is 11.3 Å². The van der Waals surface area contributed by atoms with Gasteiger partial charge in [-0.3, -0.25) is 0 Å². The molecule has 0 saturated heterocycles. The zero-order chi connectivity index (χ0) is 12.0. The fourth-order valence-corrected chi connectivity index (χ4v) is 2.32. The van der Waals surface area contributed by atoms with Gasteiger partial charge in [-0.25, -0.2) is 0 Å². The highest BCUT2D eigenvalue weighted by Gasteiger charge is 2.06. The Morgan fingerprint density at radius 3 is 2.50 bits per heavy atom. The molecule has 1 heterocycles. The molecule has 1 aromatic heterocycles. The third-order valence-corrected chi connectivity index (χ3v) is 3.37. The van der Waals surface area contributed by atoms with Crippen molar-refractivity contribution < 1.29 is 0 Å². The molecule has 0 atom stereocenters. The number of hydrogen-bond acceptors (Lipinski definition) is 3. The molecule has 16 heavy (non-hydrogen) atoms. The normalized spacial score (nSPS) is 12.0. The molecule has 1 rings (SSSR count). The molecule has 0 aliphatic rings. The topological polar surface area (TPSA) is 24.1 Å². The maximum Gasteiger partial charge on any atom is 0.0216 e. The smallest absolute Gasteiger partial charge is 0.0216 e. The van der Waals surface area contributed by atoms with E-state index in [2.05, 4.69) is 49.1 Å². The first-order chi connectivity index (χ1) is 7.49. The average molecular weight is 240 g/mol. The number of rotatable bonds is 6. The van der Waals surface area contributed by atoms with Gasteiger partial charge in [-0.15, -0.1) is 0 Å². The van der Waals surface area contributed by atoms with Gasteiger partial charge in [0.2, 0.25) is 0 Å². The van der Waals surface area contributed by atoms with Crippen molar-refractivity contribution in [1.82, 2.24) is 10.6 Å². The summed E-state index contributed by atoms with van der Waals surface area (Å²) in [6.45, 7) is 12.0. The largest absolute Gasteiger partial charge is 0.313 e. The van der Waals surface area contributed by atoms with E-state index in [0.29, 0.717) is 0 Å².